The van der Waals surface area contributed by atoms with Crippen LogP contribution in [0.5, 0.6) is 0 Å². The van der Waals surface area contributed by atoms with Crippen molar-refractivity contribution in [3.63, 3.8) is 0 Å². The Balaban J connectivity index is 1.80. The van der Waals surface area contributed by atoms with E-state index < -0.39 is 0 Å². The standard InChI is InChI=1S/C16H18N4O/c1-2-6-19-7-9-20(10-8-19)16(21)13-18-15-5-3-4-14(11-15)12-17/h1,3-5,11,18H,6-10,13H2. The number of anilines is 1. The summed E-state index contributed by atoms with van der Waals surface area (Å²) in [7, 11) is 0. The monoisotopic (exact) mass is 282 g/mol. The predicted molar refractivity (Wildman–Crippen MR) is 81.5 cm³/mol. The van der Waals surface area contributed by atoms with Gasteiger partial charge in [-0.3, -0.25) is 9.69 Å². The molecule has 1 aliphatic heterocycles. The minimum atomic E-state index is 0.0673. The first-order chi connectivity index (χ1) is 10.2. The molecule has 1 aromatic rings. The second kappa shape index (κ2) is 7.33. The Hall–Kier alpha value is -2.50. The summed E-state index contributed by atoms with van der Waals surface area (Å²) in [5, 5.41) is 11.9. The number of nitrogens with zero attached hydrogens (tertiary/aromatic N) is 3. The van der Waals surface area contributed by atoms with E-state index in [9.17, 15) is 4.79 Å². The lowest BCUT2D eigenvalue weighted by molar-refractivity contribution is -0.130. The Morgan fingerprint density at radius 3 is 2.76 bits per heavy atom. The van der Waals surface area contributed by atoms with Crippen molar-refractivity contribution in [1.29, 1.82) is 5.26 Å². The van der Waals surface area contributed by atoms with Crippen molar-refractivity contribution in [1.82, 2.24) is 9.80 Å². The van der Waals surface area contributed by atoms with E-state index >= 15 is 0 Å². The van der Waals surface area contributed by atoms with Crippen molar-refractivity contribution in [3.8, 4) is 18.4 Å². The van der Waals surface area contributed by atoms with E-state index in [1.807, 2.05) is 11.0 Å². The third-order valence-corrected chi connectivity index (χ3v) is 3.48. The fourth-order valence-corrected chi connectivity index (χ4v) is 2.27. The lowest BCUT2D eigenvalue weighted by Crippen LogP contribution is -2.50. The van der Waals surface area contributed by atoms with Gasteiger partial charge in [0.15, 0.2) is 0 Å². The van der Waals surface area contributed by atoms with Crippen LogP contribution in [0, 0.1) is 23.7 Å². The molecule has 1 fully saturated rings. The number of carbonyl (C=O) groups excluding carboxylic acids is 1. The molecule has 0 atom stereocenters. The molecule has 21 heavy (non-hydrogen) atoms. The number of benzene rings is 1. The van der Waals surface area contributed by atoms with Crippen LogP contribution in [0.25, 0.3) is 0 Å². The quantitative estimate of drug-likeness (QED) is 0.828. The van der Waals surface area contributed by atoms with Crippen LogP contribution < -0.4 is 5.32 Å². The number of nitriles is 1. The Morgan fingerprint density at radius 1 is 1.33 bits per heavy atom. The van der Waals surface area contributed by atoms with Gasteiger partial charge in [-0.15, -0.1) is 6.42 Å². The van der Waals surface area contributed by atoms with Gasteiger partial charge in [0.05, 0.1) is 24.7 Å². The van der Waals surface area contributed by atoms with Crippen molar-refractivity contribution in [2.75, 3.05) is 44.6 Å². The largest absolute Gasteiger partial charge is 0.376 e. The highest BCUT2D eigenvalue weighted by molar-refractivity contribution is 5.81. The van der Waals surface area contributed by atoms with E-state index in [1.54, 1.807) is 18.2 Å². The van der Waals surface area contributed by atoms with Crippen molar-refractivity contribution >= 4 is 11.6 Å². The lowest BCUT2D eigenvalue weighted by Gasteiger charge is -2.33. The lowest BCUT2D eigenvalue weighted by atomic mass is 10.2. The molecule has 1 heterocycles. The molecular formula is C16H18N4O. The van der Waals surface area contributed by atoms with Crippen LogP contribution in [0.15, 0.2) is 24.3 Å². The maximum Gasteiger partial charge on any atom is 0.241 e. The van der Waals surface area contributed by atoms with Crippen LogP contribution in [0.3, 0.4) is 0 Å². The first-order valence-electron chi connectivity index (χ1n) is 6.90. The van der Waals surface area contributed by atoms with Gasteiger partial charge in [-0.1, -0.05) is 12.0 Å². The van der Waals surface area contributed by atoms with Crippen molar-refractivity contribution in [3.05, 3.63) is 29.8 Å². The number of amides is 1. The van der Waals surface area contributed by atoms with Gasteiger partial charge < -0.3 is 10.2 Å². The van der Waals surface area contributed by atoms with E-state index in [-0.39, 0.29) is 12.5 Å². The number of hydrogen-bond acceptors (Lipinski definition) is 4. The molecule has 1 N–H and O–H groups in total. The molecule has 0 saturated carbocycles. The summed E-state index contributed by atoms with van der Waals surface area (Å²) in [6.07, 6.45) is 5.28. The molecule has 1 aliphatic rings. The maximum atomic E-state index is 12.1. The maximum absolute atomic E-state index is 12.1. The molecule has 2 rings (SSSR count). The SMILES string of the molecule is C#CCN1CCN(C(=O)CNc2cccc(C#N)c2)CC1. The molecule has 5 heteroatoms. The van der Waals surface area contributed by atoms with Crippen LogP contribution in [-0.4, -0.2) is 55.0 Å². The molecule has 1 aromatic carbocycles. The zero-order chi connectivity index (χ0) is 15.1. The minimum Gasteiger partial charge on any atom is -0.376 e. The van der Waals surface area contributed by atoms with Crippen molar-refractivity contribution in [2.45, 2.75) is 0 Å². The van der Waals surface area contributed by atoms with Crippen molar-refractivity contribution < 1.29 is 4.79 Å². The Kier molecular flexibility index (Phi) is 5.20. The molecule has 0 spiro atoms. The van der Waals surface area contributed by atoms with Crippen LogP contribution in [-0.2, 0) is 4.79 Å². The molecule has 0 unspecified atom stereocenters. The molecule has 1 amide bonds. The summed E-state index contributed by atoms with van der Waals surface area (Å²) in [6.45, 7) is 3.94. The average molecular weight is 282 g/mol. The second-order valence-electron chi connectivity index (χ2n) is 4.91. The summed E-state index contributed by atoms with van der Waals surface area (Å²) < 4.78 is 0. The molecule has 0 bridgehead atoms. The Morgan fingerprint density at radius 2 is 2.10 bits per heavy atom. The predicted octanol–water partition coefficient (Wildman–Crippen LogP) is 0.748. The van der Waals surface area contributed by atoms with Crippen molar-refractivity contribution in [2.24, 2.45) is 0 Å². The van der Waals surface area contributed by atoms with Gasteiger partial charge in [0.1, 0.15) is 0 Å². The van der Waals surface area contributed by atoms with Crippen LogP contribution in [0.2, 0.25) is 0 Å². The first-order valence-corrected chi connectivity index (χ1v) is 6.90. The number of rotatable bonds is 4. The zero-order valence-corrected chi connectivity index (χ0v) is 11.9. The summed E-state index contributed by atoms with van der Waals surface area (Å²) in [5.74, 6) is 2.69. The van der Waals surface area contributed by atoms with E-state index in [1.165, 1.54) is 0 Å². The van der Waals surface area contributed by atoms with Gasteiger partial charge in [0, 0.05) is 31.9 Å². The molecule has 0 aromatic heterocycles. The Labute approximate surface area is 125 Å². The zero-order valence-electron chi connectivity index (χ0n) is 11.9. The molecule has 1 saturated heterocycles. The average Bonchev–Trinajstić information content (AvgIpc) is 2.54. The second-order valence-corrected chi connectivity index (χ2v) is 4.91. The number of nitrogens with one attached hydrogen (secondary N) is 1. The molecule has 0 radical (unpaired) electrons. The first kappa shape index (κ1) is 14.9. The third kappa shape index (κ3) is 4.24. The van der Waals surface area contributed by atoms with Gasteiger partial charge in [-0.2, -0.15) is 5.26 Å². The third-order valence-electron chi connectivity index (χ3n) is 3.48. The van der Waals surface area contributed by atoms with Crippen LogP contribution >= 0.6 is 0 Å². The van der Waals surface area contributed by atoms with E-state index in [2.05, 4.69) is 22.2 Å². The summed E-state index contributed by atoms with van der Waals surface area (Å²) in [5.41, 5.74) is 1.36. The molecule has 5 nitrogen and oxygen atoms in total. The number of terminal acetylenes is 1. The van der Waals surface area contributed by atoms with Crippen LogP contribution in [0.4, 0.5) is 5.69 Å². The van der Waals surface area contributed by atoms with Gasteiger partial charge in [0.2, 0.25) is 5.91 Å². The van der Waals surface area contributed by atoms with E-state index in [0.717, 1.165) is 18.8 Å². The highest BCUT2D eigenvalue weighted by atomic mass is 16.2. The van der Waals surface area contributed by atoms with E-state index in [4.69, 9.17) is 11.7 Å². The number of carbonyl (C=O) groups is 1. The van der Waals surface area contributed by atoms with Gasteiger partial charge in [0.25, 0.3) is 0 Å². The molecule has 0 aliphatic carbocycles. The van der Waals surface area contributed by atoms with Crippen LogP contribution in [0.1, 0.15) is 5.56 Å². The fourth-order valence-electron chi connectivity index (χ4n) is 2.27. The molecule has 108 valence electrons. The molecular weight excluding hydrogens is 264 g/mol. The van der Waals surface area contributed by atoms with Gasteiger partial charge in [-0.05, 0) is 18.2 Å². The van der Waals surface area contributed by atoms with Gasteiger partial charge >= 0.3 is 0 Å². The number of hydrogen-bond donors (Lipinski definition) is 1. The highest BCUT2D eigenvalue weighted by Gasteiger charge is 2.19. The summed E-state index contributed by atoms with van der Waals surface area (Å²) in [4.78, 5) is 16.1. The Bertz CT molecular complexity index is 577. The summed E-state index contributed by atoms with van der Waals surface area (Å²) in [6, 6.07) is 9.19. The van der Waals surface area contributed by atoms with E-state index in [0.29, 0.717) is 25.2 Å². The highest BCUT2D eigenvalue weighted by Crippen LogP contribution is 2.10. The normalized spacial score (nSPS) is 15.0. The smallest absolute Gasteiger partial charge is 0.241 e. The summed E-state index contributed by atoms with van der Waals surface area (Å²) >= 11 is 0. The number of piperazine rings is 1. The van der Waals surface area contributed by atoms with Gasteiger partial charge in [-0.25, -0.2) is 0 Å². The topological polar surface area (TPSA) is 59.4 Å². The fraction of sp³-hybridized carbons (Fsp3) is 0.375. The minimum absolute atomic E-state index is 0.0673.